The topological polar surface area (TPSA) is 15.3 Å². The van der Waals surface area contributed by atoms with Gasteiger partial charge in [-0.1, -0.05) is 19.8 Å². The van der Waals surface area contributed by atoms with E-state index in [1.807, 2.05) is 0 Å². The summed E-state index contributed by atoms with van der Waals surface area (Å²) in [5.74, 6) is 1.02. The van der Waals surface area contributed by atoms with Gasteiger partial charge in [0.2, 0.25) is 0 Å². The maximum absolute atomic E-state index is 3.80. The number of hydrogen-bond donors (Lipinski definition) is 1. The Morgan fingerprint density at radius 3 is 2.59 bits per heavy atom. The van der Waals surface area contributed by atoms with Gasteiger partial charge in [-0.2, -0.15) is 0 Å². The molecule has 0 amide bonds. The minimum Gasteiger partial charge on any atom is -0.314 e. The Kier molecular flexibility index (Phi) is 5.79. The van der Waals surface area contributed by atoms with Crippen molar-refractivity contribution in [3.05, 3.63) is 0 Å². The number of rotatable bonds is 8. The fourth-order valence-electron chi connectivity index (χ4n) is 3.09. The molecule has 1 atom stereocenters. The molecule has 1 heterocycles. The van der Waals surface area contributed by atoms with E-state index in [4.69, 9.17) is 0 Å². The summed E-state index contributed by atoms with van der Waals surface area (Å²) in [7, 11) is 0. The Labute approximate surface area is 107 Å². The molecule has 1 aliphatic carbocycles. The largest absolute Gasteiger partial charge is 0.314 e. The van der Waals surface area contributed by atoms with E-state index in [1.165, 1.54) is 77.5 Å². The van der Waals surface area contributed by atoms with Crippen molar-refractivity contribution in [2.75, 3.05) is 26.2 Å². The normalized spacial score (nSPS) is 23.8. The van der Waals surface area contributed by atoms with Crippen molar-refractivity contribution < 1.29 is 0 Å². The van der Waals surface area contributed by atoms with Crippen LogP contribution >= 0.6 is 0 Å². The molecule has 0 spiro atoms. The third-order valence-corrected chi connectivity index (χ3v) is 4.30. The summed E-state index contributed by atoms with van der Waals surface area (Å²) in [5.41, 5.74) is 0. The summed E-state index contributed by atoms with van der Waals surface area (Å²) in [5, 5.41) is 3.80. The molecule has 0 bridgehead atoms. The summed E-state index contributed by atoms with van der Waals surface area (Å²) in [6, 6.07) is 0.835. The Morgan fingerprint density at radius 1 is 1.18 bits per heavy atom. The SMILES string of the molecule is CCCC(NCCCN1CCCCC1)C1CC1. The van der Waals surface area contributed by atoms with E-state index in [1.54, 1.807) is 0 Å². The van der Waals surface area contributed by atoms with Gasteiger partial charge < -0.3 is 10.2 Å². The number of hydrogen-bond acceptors (Lipinski definition) is 2. The molecule has 0 aromatic rings. The van der Waals surface area contributed by atoms with Gasteiger partial charge in [-0.05, 0) is 70.6 Å². The summed E-state index contributed by atoms with van der Waals surface area (Å²) >= 11 is 0. The number of nitrogens with one attached hydrogen (secondary N) is 1. The second-order valence-electron chi connectivity index (χ2n) is 5.94. The van der Waals surface area contributed by atoms with Crippen LogP contribution < -0.4 is 5.32 Å². The van der Waals surface area contributed by atoms with Gasteiger partial charge in [0.1, 0.15) is 0 Å². The third-order valence-electron chi connectivity index (χ3n) is 4.30. The van der Waals surface area contributed by atoms with E-state index in [-0.39, 0.29) is 0 Å². The van der Waals surface area contributed by atoms with Crippen LogP contribution in [0.5, 0.6) is 0 Å². The van der Waals surface area contributed by atoms with Crippen LogP contribution in [-0.2, 0) is 0 Å². The van der Waals surface area contributed by atoms with Gasteiger partial charge in [0.15, 0.2) is 0 Å². The van der Waals surface area contributed by atoms with E-state index >= 15 is 0 Å². The first-order valence-electron chi connectivity index (χ1n) is 7.86. The molecule has 17 heavy (non-hydrogen) atoms. The van der Waals surface area contributed by atoms with Gasteiger partial charge in [-0.3, -0.25) is 0 Å². The van der Waals surface area contributed by atoms with E-state index in [2.05, 4.69) is 17.1 Å². The van der Waals surface area contributed by atoms with Gasteiger partial charge in [-0.25, -0.2) is 0 Å². The molecule has 1 unspecified atom stereocenters. The smallest absolute Gasteiger partial charge is 0.00952 e. The van der Waals surface area contributed by atoms with Crippen LogP contribution in [0.25, 0.3) is 0 Å². The predicted molar refractivity (Wildman–Crippen MR) is 74.3 cm³/mol. The Bertz CT molecular complexity index is 195. The molecule has 0 aromatic heterocycles. The lowest BCUT2D eigenvalue weighted by Gasteiger charge is -2.26. The molecule has 2 rings (SSSR count). The van der Waals surface area contributed by atoms with Crippen molar-refractivity contribution in [3.8, 4) is 0 Å². The van der Waals surface area contributed by atoms with E-state index in [0.717, 1.165) is 12.0 Å². The molecule has 0 aromatic carbocycles. The van der Waals surface area contributed by atoms with Gasteiger partial charge in [0.25, 0.3) is 0 Å². The minimum absolute atomic E-state index is 0.835. The molecule has 1 aliphatic heterocycles. The zero-order valence-corrected chi connectivity index (χ0v) is 11.6. The highest BCUT2D eigenvalue weighted by Crippen LogP contribution is 2.34. The molecule has 1 saturated heterocycles. The number of likely N-dealkylation sites (tertiary alicyclic amines) is 1. The van der Waals surface area contributed by atoms with Crippen molar-refractivity contribution in [1.29, 1.82) is 0 Å². The zero-order valence-electron chi connectivity index (χ0n) is 11.6. The lowest BCUT2D eigenvalue weighted by Crippen LogP contribution is -2.35. The lowest BCUT2D eigenvalue weighted by molar-refractivity contribution is 0.224. The monoisotopic (exact) mass is 238 g/mol. The summed E-state index contributed by atoms with van der Waals surface area (Å²) in [6.07, 6.45) is 11.3. The van der Waals surface area contributed by atoms with E-state index < -0.39 is 0 Å². The fraction of sp³-hybridized carbons (Fsp3) is 1.00. The van der Waals surface area contributed by atoms with Gasteiger partial charge >= 0.3 is 0 Å². The van der Waals surface area contributed by atoms with Crippen molar-refractivity contribution >= 4 is 0 Å². The molecule has 1 saturated carbocycles. The highest BCUT2D eigenvalue weighted by atomic mass is 15.1. The Hall–Kier alpha value is -0.0800. The molecular formula is C15H30N2. The quantitative estimate of drug-likeness (QED) is 0.654. The molecule has 2 nitrogen and oxygen atoms in total. The van der Waals surface area contributed by atoms with Crippen LogP contribution in [0.1, 0.15) is 58.3 Å². The first-order chi connectivity index (χ1) is 8.40. The third kappa shape index (κ3) is 4.97. The Balaban J connectivity index is 1.51. The van der Waals surface area contributed by atoms with Gasteiger partial charge in [0.05, 0.1) is 0 Å². The minimum atomic E-state index is 0.835. The highest BCUT2D eigenvalue weighted by Gasteiger charge is 2.29. The second-order valence-corrected chi connectivity index (χ2v) is 5.94. The van der Waals surface area contributed by atoms with Crippen molar-refractivity contribution in [2.24, 2.45) is 5.92 Å². The second kappa shape index (κ2) is 7.38. The summed E-state index contributed by atoms with van der Waals surface area (Å²) < 4.78 is 0. The van der Waals surface area contributed by atoms with Crippen LogP contribution in [0, 0.1) is 5.92 Å². The van der Waals surface area contributed by atoms with Gasteiger partial charge in [-0.15, -0.1) is 0 Å². The zero-order chi connectivity index (χ0) is 11.9. The fourth-order valence-corrected chi connectivity index (χ4v) is 3.09. The molecule has 1 N–H and O–H groups in total. The number of piperidine rings is 1. The van der Waals surface area contributed by atoms with Crippen LogP contribution in [0.3, 0.4) is 0 Å². The molecule has 2 aliphatic rings. The van der Waals surface area contributed by atoms with Crippen LogP contribution in [0.2, 0.25) is 0 Å². The molecule has 2 fully saturated rings. The first-order valence-corrected chi connectivity index (χ1v) is 7.86. The standard InChI is InChI=1S/C15H30N2/c1-2-7-15(14-8-9-14)16-10-6-13-17-11-4-3-5-12-17/h14-16H,2-13H2,1H3. The molecule has 100 valence electrons. The highest BCUT2D eigenvalue weighted by molar-refractivity contribution is 4.86. The molecule has 0 radical (unpaired) electrons. The van der Waals surface area contributed by atoms with Gasteiger partial charge in [0, 0.05) is 6.04 Å². The van der Waals surface area contributed by atoms with Crippen LogP contribution in [-0.4, -0.2) is 37.1 Å². The number of nitrogens with zero attached hydrogens (tertiary/aromatic N) is 1. The Morgan fingerprint density at radius 2 is 1.94 bits per heavy atom. The van der Waals surface area contributed by atoms with Crippen LogP contribution in [0.4, 0.5) is 0 Å². The van der Waals surface area contributed by atoms with Crippen molar-refractivity contribution in [2.45, 2.75) is 64.3 Å². The summed E-state index contributed by atoms with van der Waals surface area (Å²) in [6.45, 7) is 7.56. The maximum atomic E-state index is 3.80. The lowest BCUT2D eigenvalue weighted by atomic mass is 10.1. The van der Waals surface area contributed by atoms with E-state index in [0.29, 0.717) is 0 Å². The first kappa shape index (κ1) is 13.4. The van der Waals surface area contributed by atoms with Crippen LogP contribution in [0.15, 0.2) is 0 Å². The van der Waals surface area contributed by atoms with E-state index in [9.17, 15) is 0 Å². The van der Waals surface area contributed by atoms with Crippen molar-refractivity contribution in [3.63, 3.8) is 0 Å². The van der Waals surface area contributed by atoms with Crippen molar-refractivity contribution in [1.82, 2.24) is 10.2 Å². The molecule has 2 heteroatoms. The predicted octanol–water partition coefficient (Wildman–Crippen LogP) is 3.03. The summed E-state index contributed by atoms with van der Waals surface area (Å²) in [4.78, 5) is 2.65. The molecular weight excluding hydrogens is 208 g/mol. The average molecular weight is 238 g/mol. The maximum Gasteiger partial charge on any atom is 0.00952 e. The average Bonchev–Trinajstić information content (AvgIpc) is 3.19.